The van der Waals surface area contributed by atoms with Gasteiger partial charge < -0.3 is 14.5 Å². The molecule has 2 aliphatic rings. The first kappa shape index (κ1) is 27.6. The van der Waals surface area contributed by atoms with Gasteiger partial charge in [0, 0.05) is 31.8 Å². The second-order valence-electron chi connectivity index (χ2n) is 9.77. The van der Waals surface area contributed by atoms with E-state index >= 15 is 0 Å². The molecule has 0 saturated carbocycles. The van der Waals surface area contributed by atoms with Gasteiger partial charge >= 0.3 is 6.18 Å². The minimum Gasteiger partial charge on any atom is -0.497 e. The third-order valence-electron chi connectivity index (χ3n) is 7.05. The summed E-state index contributed by atoms with van der Waals surface area (Å²) in [6, 6.07) is 3.85. The van der Waals surface area contributed by atoms with Crippen molar-refractivity contribution < 1.29 is 22.7 Å². The molecule has 0 bridgehead atoms. The van der Waals surface area contributed by atoms with E-state index in [-0.39, 0.29) is 12.5 Å². The van der Waals surface area contributed by atoms with Crippen LogP contribution in [0, 0.1) is 12.8 Å². The largest absolute Gasteiger partial charge is 0.497 e. The number of aryl methyl sites for hydroxylation is 1. The molecule has 0 N–H and O–H groups in total. The van der Waals surface area contributed by atoms with Crippen LogP contribution in [-0.4, -0.2) is 75.7 Å². The van der Waals surface area contributed by atoms with Crippen molar-refractivity contribution in [3.8, 4) is 0 Å². The van der Waals surface area contributed by atoms with Gasteiger partial charge in [0.2, 0.25) is 5.91 Å². The Morgan fingerprint density at radius 3 is 2.63 bits per heavy atom. The number of benzene rings is 1. The number of nitrogens with zero attached hydrogens (tertiary/aromatic N) is 6. The fourth-order valence-corrected chi connectivity index (χ4v) is 4.87. The third kappa shape index (κ3) is 7.09. The van der Waals surface area contributed by atoms with Crippen molar-refractivity contribution in [2.45, 2.75) is 44.9 Å². The molecule has 1 aliphatic carbocycles. The lowest BCUT2D eigenvalue weighted by atomic mass is 9.97. The number of rotatable bonds is 8. The molecular weight excluding hydrogens is 497 g/mol. The van der Waals surface area contributed by atoms with Crippen LogP contribution in [0.4, 0.5) is 13.2 Å². The number of alkyl halides is 3. The SMILES string of the molecule is COC1=CCC(CN(C)C2CCN(C(=O)/C=C/c3ccc(C(F)(F)F)cc3Cn3nnc(C)n3)CC2)C=C1. The van der Waals surface area contributed by atoms with Gasteiger partial charge in [-0.25, -0.2) is 0 Å². The van der Waals surface area contributed by atoms with Gasteiger partial charge in [0.15, 0.2) is 5.82 Å². The van der Waals surface area contributed by atoms with Gasteiger partial charge in [-0.2, -0.15) is 18.0 Å². The Morgan fingerprint density at radius 1 is 1.26 bits per heavy atom. The maximum atomic E-state index is 13.3. The topological polar surface area (TPSA) is 76.4 Å². The van der Waals surface area contributed by atoms with Crippen LogP contribution in [-0.2, 0) is 22.3 Å². The summed E-state index contributed by atoms with van der Waals surface area (Å²) in [7, 11) is 3.80. The van der Waals surface area contributed by atoms with E-state index in [9.17, 15) is 18.0 Å². The highest BCUT2D eigenvalue weighted by Gasteiger charge is 2.31. The third-order valence-corrected chi connectivity index (χ3v) is 7.05. The number of amides is 1. The summed E-state index contributed by atoms with van der Waals surface area (Å²) in [6.45, 7) is 3.87. The number of ether oxygens (including phenoxy) is 1. The van der Waals surface area contributed by atoms with Crippen molar-refractivity contribution in [1.82, 2.24) is 30.0 Å². The lowest BCUT2D eigenvalue weighted by Gasteiger charge is -2.37. The van der Waals surface area contributed by atoms with Gasteiger partial charge in [0.05, 0.1) is 19.2 Å². The molecule has 4 rings (SSSR count). The Bertz CT molecular complexity index is 1210. The molecule has 1 saturated heterocycles. The molecule has 11 heteroatoms. The number of hydrogen-bond acceptors (Lipinski definition) is 6. The maximum absolute atomic E-state index is 13.3. The van der Waals surface area contributed by atoms with Crippen LogP contribution in [0.1, 0.15) is 41.8 Å². The van der Waals surface area contributed by atoms with Crippen LogP contribution < -0.4 is 0 Å². The van der Waals surface area contributed by atoms with E-state index in [1.807, 2.05) is 6.08 Å². The van der Waals surface area contributed by atoms with Gasteiger partial charge in [-0.3, -0.25) is 4.79 Å². The number of piperidine rings is 1. The summed E-state index contributed by atoms with van der Waals surface area (Å²) in [5.41, 5.74) is 0.0888. The molecule has 1 aromatic heterocycles. The molecule has 2 heterocycles. The number of allylic oxidation sites excluding steroid dienone is 2. The van der Waals surface area contributed by atoms with Gasteiger partial charge in [-0.1, -0.05) is 12.1 Å². The molecule has 2 aromatic rings. The summed E-state index contributed by atoms with van der Waals surface area (Å²) >= 11 is 0. The molecule has 8 nitrogen and oxygen atoms in total. The highest BCUT2D eigenvalue weighted by molar-refractivity contribution is 5.92. The number of tetrazole rings is 1. The molecule has 38 heavy (non-hydrogen) atoms. The molecule has 1 fully saturated rings. The van der Waals surface area contributed by atoms with E-state index in [2.05, 4.69) is 39.5 Å². The predicted octanol–water partition coefficient (Wildman–Crippen LogP) is 4.09. The van der Waals surface area contributed by atoms with Crippen molar-refractivity contribution in [3.63, 3.8) is 0 Å². The standard InChI is InChI=1S/C27H33F3N6O2/c1-19-31-33-36(32-19)18-22-16-23(27(28,29)30)8-6-21(22)7-11-26(37)35-14-12-24(13-15-35)34(2)17-20-4-9-25(38-3)10-5-20/h4,6-11,16,20,24H,5,12-15,17-18H2,1-3H3/b11-7+. The van der Waals surface area contributed by atoms with Gasteiger partial charge in [0.25, 0.3) is 0 Å². The number of methoxy groups -OCH3 is 1. The first-order valence-electron chi connectivity index (χ1n) is 12.7. The normalized spacial score (nSPS) is 18.9. The number of aromatic nitrogens is 4. The van der Waals surface area contributed by atoms with E-state index in [0.717, 1.165) is 43.7 Å². The number of carbonyl (C=O) groups is 1. The second-order valence-corrected chi connectivity index (χ2v) is 9.77. The monoisotopic (exact) mass is 530 g/mol. The molecule has 1 unspecified atom stereocenters. The Labute approximate surface area is 220 Å². The lowest BCUT2D eigenvalue weighted by molar-refractivity contribution is -0.137. The summed E-state index contributed by atoms with van der Waals surface area (Å²) in [6.07, 6.45) is 7.52. The Hall–Kier alpha value is -3.47. The first-order chi connectivity index (χ1) is 18.1. The van der Waals surface area contributed by atoms with Crippen LogP contribution in [0.5, 0.6) is 0 Å². The average Bonchev–Trinajstić information content (AvgIpc) is 3.32. The van der Waals surface area contributed by atoms with Crippen LogP contribution in [0.15, 0.2) is 48.3 Å². The van der Waals surface area contributed by atoms with E-state index in [0.29, 0.717) is 42.0 Å². The molecular formula is C27H33F3N6O2. The molecule has 0 spiro atoms. The van der Waals surface area contributed by atoms with E-state index in [1.54, 1.807) is 25.0 Å². The van der Waals surface area contributed by atoms with Crippen molar-refractivity contribution in [1.29, 1.82) is 0 Å². The zero-order chi connectivity index (χ0) is 27.3. The van der Waals surface area contributed by atoms with E-state index in [1.165, 1.54) is 16.9 Å². The summed E-state index contributed by atoms with van der Waals surface area (Å²) in [5.74, 6) is 1.61. The number of likely N-dealkylation sites (tertiary alicyclic amines) is 1. The van der Waals surface area contributed by atoms with Gasteiger partial charge in [-0.15, -0.1) is 10.2 Å². The minimum atomic E-state index is -4.48. The van der Waals surface area contributed by atoms with Crippen LogP contribution in [0.3, 0.4) is 0 Å². The lowest BCUT2D eigenvalue weighted by Crippen LogP contribution is -2.46. The molecule has 1 amide bonds. The van der Waals surface area contributed by atoms with Crippen molar-refractivity contribution in [2.24, 2.45) is 5.92 Å². The highest BCUT2D eigenvalue weighted by Crippen LogP contribution is 2.31. The first-order valence-corrected chi connectivity index (χ1v) is 12.7. The van der Waals surface area contributed by atoms with E-state index < -0.39 is 11.7 Å². The number of hydrogen-bond donors (Lipinski definition) is 0. The number of halogens is 3. The van der Waals surface area contributed by atoms with Gasteiger partial charge in [-0.05, 0) is 85.9 Å². The quantitative estimate of drug-likeness (QED) is 0.479. The fraction of sp³-hybridized carbons (Fsp3) is 0.481. The summed E-state index contributed by atoms with van der Waals surface area (Å²) in [4.78, 5) is 18.3. The zero-order valence-corrected chi connectivity index (χ0v) is 21.9. The predicted molar refractivity (Wildman–Crippen MR) is 137 cm³/mol. The zero-order valence-electron chi connectivity index (χ0n) is 21.9. The van der Waals surface area contributed by atoms with Gasteiger partial charge in [0.1, 0.15) is 5.76 Å². The summed E-state index contributed by atoms with van der Waals surface area (Å²) < 4.78 is 45.2. The van der Waals surface area contributed by atoms with Crippen LogP contribution in [0.2, 0.25) is 0 Å². The molecule has 1 aliphatic heterocycles. The Morgan fingerprint density at radius 2 is 2.03 bits per heavy atom. The maximum Gasteiger partial charge on any atom is 0.416 e. The van der Waals surface area contributed by atoms with Crippen LogP contribution >= 0.6 is 0 Å². The molecule has 1 atom stereocenters. The Kier molecular flexibility index (Phi) is 8.65. The molecule has 1 aromatic carbocycles. The molecule has 204 valence electrons. The molecule has 0 radical (unpaired) electrons. The fourth-order valence-electron chi connectivity index (χ4n) is 4.87. The smallest absolute Gasteiger partial charge is 0.416 e. The second kappa shape index (κ2) is 11.9. The Balaban J connectivity index is 1.35. The average molecular weight is 531 g/mol. The van der Waals surface area contributed by atoms with Crippen LogP contribution in [0.25, 0.3) is 6.08 Å². The number of carbonyl (C=O) groups excluding carboxylic acids is 1. The minimum absolute atomic E-state index is 0.00904. The highest BCUT2D eigenvalue weighted by atomic mass is 19.4. The van der Waals surface area contributed by atoms with Crippen molar-refractivity contribution in [2.75, 3.05) is 33.8 Å². The van der Waals surface area contributed by atoms with Crippen molar-refractivity contribution in [3.05, 3.63) is 70.8 Å². The van der Waals surface area contributed by atoms with Crippen molar-refractivity contribution >= 4 is 12.0 Å². The summed E-state index contributed by atoms with van der Waals surface area (Å²) in [5, 5.41) is 11.7. The van der Waals surface area contributed by atoms with E-state index in [4.69, 9.17) is 4.74 Å².